The average molecular weight is 1380 g/mol. The van der Waals surface area contributed by atoms with Gasteiger partial charge in [-0.15, -0.1) is 0 Å². The lowest BCUT2D eigenvalue weighted by Crippen LogP contribution is -2.62. The lowest BCUT2D eigenvalue weighted by Gasteiger charge is -2.48. The molecule has 0 amide bonds. The van der Waals surface area contributed by atoms with Gasteiger partial charge in [0.2, 0.25) is 0 Å². The summed E-state index contributed by atoms with van der Waals surface area (Å²) in [6.07, 6.45) is 0. The van der Waals surface area contributed by atoms with Gasteiger partial charge < -0.3 is 18.9 Å². The van der Waals surface area contributed by atoms with Crippen LogP contribution in [0.5, 0.6) is 0 Å². The summed E-state index contributed by atoms with van der Waals surface area (Å²) in [6, 6.07) is 129. The van der Waals surface area contributed by atoms with E-state index in [2.05, 4.69) is 421 Å². The van der Waals surface area contributed by atoms with Gasteiger partial charge >= 0.3 is 0 Å². The van der Waals surface area contributed by atoms with Crippen LogP contribution in [-0.4, -0.2) is 15.8 Å². The standard InChI is InChI=1S/C102H83BN4/c1-100(2,3)72-56-83(68-40-20-12-21-41-68)98(84(57-72)69-42-22-13-23-43-69)106-91-60-74(102(7,8)9)61-92-97(91)103(95-81(66-36-16-10-17-37-66)62-75(64-93(95)106)104-87-52-32-28-48-77(87)78-49-29-33-53-88(78)104)96-82(67-38-18-11-19-39-67)63-76(105-89-54-34-30-50-79(89)80-51-31-35-55-90(80)105)65-94(96)107(92)99-85(70-44-24-14-25-45-70)58-73(101(4,5)6)59-86(99)71-46-26-15-27-47-71/h10-65H,1-9H3. The van der Waals surface area contributed by atoms with E-state index in [1.54, 1.807) is 0 Å². The molecule has 19 rings (SSSR count). The Balaban J connectivity index is 1.08. The van der Waals surface area contributed by atoms with Crippen molar-refractivity contribution in [1.29, 1.82) is 0 Å². The molecule has 0 atom stereocenters. The maximum atomic E-state index is 2.78. The fraction of sp³-hybridized carbons (Fsp3) is 0.118. The summed E-state index contributed by atoms with van der Waals surface area (Å²) >= 11 is 0. The Hall–Kier alpha value is -12.4. The molecule has 17 aromatic rings. The van der Waals surface area contributed by atoms with Crippen molar-refractivity contribution in [1.82, 2.24) is 9.13 Å². The van der Waals surface area contributed by atoms with Gasteiger partial charge in [-0.1, -0.05) is 317 Å². The molecule has 107 heavy (non-hydrogen) atoms. The zero-order valence-corrected chi connectivity index (χ0v) is 62.2. The maximum absolute atomic E-state index is 2.78. The molecule has 4 nitrogen and oxygen atoms in total. The van der Waals surface area contributed by atoms with Gasteiger partial charge in [-0.05, 0) is 179 Å². The monoisotopic (exact) mass is 1370 g/mol. The minimum atomic E-state index is -0.389. The molecule has 0 spiro atoms. The molecule has 2 aliphatic heterocycles. The fourth-order valence-electron chi connectivity index (χ4n) is 17.5. The molecule has 0 unspecified atom stereocenters. The summed E-state index contributed by atoms with van der Waals surface area (Å²) in [5.41, 5.74) is 33.9. The van der Waals surface area contributed by atoms with Crippen LogP contribution in [0.2, 0.25) is 0 Å². The number of hydrogen-bond donors (Lipinski definition) is 0. The third-order valence-corrected chi connectivity index (χ3v) is 22.7. The highest BCUT2D eigenvalue weighted by Crippen LogP contribution is 2.57. The molecule has 0 bridgehead atoms. The van der Waals surface area contributed by atoms with Crippen LogP contribution in [-0.2, 0) is 16.2 Å². The molecule has 514 valence electrons. The first-order chi connectivity index (χ1) is 52.0. The molecular weight excluding hydrogens is 1290 g/mol. The molecule has 2 aromatic heterocycles. The number of rotatable bonds is 10. The number of anilines is 6. The van der Waals surface area contributed by atoms with Crippen LogP contribution in [0, 0.1) is 0 Å². The first kappa shape index (κ1) is 65.3. The summed E-state index contributed by atoms with van der Waals surface area (Å²) in [5.74, 6) is 0. The molecule has 0 saturated carbocycles. The van der Waals surface area contributed by atoms with Crippen molar-refractivity contribution in [2.45, 2.75) is 78.6 Å². The van der Waals surface area contributed by atoms with E-state index >= 15 is 0 Å². The first-order valence-corrected chi connectivity index (χ1v) is 37.8. The van der Waals surface area contributed by atoms with Crippen LogP contribution in [0.4, 0.5) is 34.1 Å². The lowest BCUT2D eigenvalue weighted by atomic mass is 9.31. The Labute approximate surface area is 628 Å². The second-order valence-electron chi connectivity index (χ2n) is 32.4. The van der Waals surface area contributed by atoms with Crippen molar-refractivity contribution in [3.8, 4) is 78.1 Å². The predicted octanol–water partition coefficient (Wildman–Crippen LogP) is 25.9. The third-order valence-electron chi connectivity index (χ3n) is 22.7. The Morgan fingerprint density at radius 3 is 0.701 bits per heavy atom. The summed E-state index contributed by atoms with van der Waals surface area (Å²) in [7, 11) is 0. The van der Waals surface area contributed by atoms with Crippen LogP contribution in [0.1, 0.15) is 79.0 Å². The van der Waals surface area contributed by atoms with E-state index < -0.39 is 0 Å². The van der Waals surface area contributed by atoms with Gasteiger partial charge in [0.05, 0.1) is 33.4 Å². The van der Waals surface area contributed by atoms with Crippen molar-refractivity contribution in [2.75, 3.05) is 9.80 Å². The Kier molecular flexibility index (Phi) is 15.4. The van der Waals surface area contributed by atoms with E-state index in [1.807, 2.05) is 0 Å². The molecule has 5 heteroatoms. The van der Waals surface area contributed by atoms with E-state index in [4.69, 9.17) is 0 Å². The molecule has 0 radical (unpaired) electrons. The third kappa shape index (κ3) is 10.8. The van der Waals surface area contributed by atoms with E-state index in [0.717, 1.165) is 134 Å². The molecule has 15 aromatic carbocycles. The van der Waals surface area contributed by atoms with Gasteiger partial charge in [0.15, 0.2) is 0 Å². The Morgan fingerprint density at radius 1 is 0.215 bits per heavy atom. The predicted molar refractivity (Wildman–Crippen MR) is 458 cm³/mol. The van der Waals surface area contributed by atoms with Crippen LogP contribution < -0.4 is 26.2 Å². The summed E-state index contributed by atoms with van der Waals surface area (Å²) < 4.78 is 5.09. The van der Waals surface area contributed by atoms with Crippen LogP contribution in [0.25, 0.3) is 122 Å². The molecular formula is C102H83BN4. The highest BCUT2D eigenvalue weighted by atomic mass is 15.2. The molecule has 0 N–H and O–H groups in total. The number of benzene rings is 15. The molecule has 2 aliphatic rings. The first-order valence-electron chi connectivity index (χ1n) is 37.8. The van der Waals surface area contributed by atoms with Crippen molar-refractivity contribution < 1.29 is 0 Å². The van der Waals surface area contributed by atoms with Crippen molar-refractivity contribution in [3.05, 3.63) is 356 Å². The van der Waals surface area contributed by atoms with Gasteiger partial charge in [-0.3, -0.25) is 0 Å². The summed E-state index contributed by atoms with van der Waals surface area (Å²) in [5, 5.41) is 4.86. The minimum absolute atomic E-state index is 0.225. The summed E-state index contributed by atoms with van der Waals surface area (Å²) in [6.45, 7) is 21.0. The van der Waals surface area contributed by atoms with Crippen LogP contribution >= 0.6 is 0 Å². The van der Waals surface area contributed by atoms with Crippen molar-refractivity contribution in [2.24, 2.45) is 0 Å². The van der Waals surface area contributed by atoms with Crippen LogP contribution in [0.3, 0.4) is 0 Å². The molecule has 0 saturated heterocycles. The van der Waals surface area contributed by atoms with E-state index in [1.165, 1.54) is 54.6 Å². The molecule has 4 heterocycles. The number of nitrogens with zero attached hydrogens (tertiary/aromatic N) is 4. The number of hydrogen-bond acceptors (Lipinski definition) is 2. The highest BCUT2D eigenvalue weighted by molar-refractivity contribution is 7.02. The number of aromatic nitrogens is 2. The second kappa shape index (κ2) is 25.1. The zero-order valence-electron chi connectivity index (χ0n) is 62.2. The quantitative estimate of drug-likeness (QED) is 0.127. The van der Waals surface area contributed by atoms with Gasteiger partial charge in [-0.25, -0.2) is 0 Å². The second-order valence-corrected chi connectivity index (χ2v) is 32.4. The number of fused-ring (bicyclic) bond motifs is 10. The Morgan fingerprint density at radius 2 is 0.439 bits per heavy atom. The topological polar surface area (TPSA) is 16.3 Å². The zero-order chi connectivity index (χ0) is 72.6. The largest absolute Gasteiger partial charge is 0.310 e. The normalized spacial score (nSPS) is 12.9. The maximum Gasteiger partial charge on any atom is 0.253 e. The molecule has 0 aliphatic carbocycles. The van der Waals surface area contributed by atoms with Crippen molar-refractivity contribution >= 4 is 101 Å². The highest BCUT2D eigenvalue weighted by Gasteiger charge is 2.49. The molecule has 0 fully saturated rings. The van der Waals surface area contributed by atoms with Gasteiger partial charge in [0, 0.05) is 77.9 Å². The van der Waals surface area contributed by atoms with Crippen LogP contribution in [0.15, 0.2) is 340 Å². The smallest absolute Gasteiger partial charge is 0.253 e. The van der Waals surface area contributed by atoms with E-state index in [0.29, 0.717) is 0 Å². The number of para-hydroxylation sites is 4. The average Bonchev–Trinajstić information content (AvgIpc) is 0.745. The van der Waals surface area contributed by atoms with Gasteiger partial charge in [0.1, 0.15) is 0 Å². The van der Waals surface area contributed by atoms with Crippen molar-refractivity contribution in [3.63, 3.8) is 0 Å². The van der Waals surface area contributed by atoms with Gasteiger partial charge in [-0.2, -0.15) is 0 Å². The van der Waals surface area contributed by atoms with E-state index in [9.17, 15) is 0 Å². The fourth-order valence-corrected chi connectivity index (χ4v) is 17.5. The van der Waals surface area contributed by atoms with E-state index in [-0.39, 0.29) is 23.0 Å². The lowest BCUT2D eigenvalue weighted by molar-refractivity contribution is 0.590. The minimum Gasteiger partial charge on any atom is -0.310 e. The SMILES string of the molecule is CC(C)(C)c1cc(-c2ccccc2)c(N2c3cc(-n4c5ccccc5c5ccccc54)cc(-c4ccccc4)c3B3c4c(-c5ccccc5)cc(-n5c6ccccc6c6ccccc65)cc4N(c4c(-c5ccccc5)cc(C(C)(C)C)cc4-c4ccccc4)c4cc(C(C)(C)C)cc2c43)c(-c2ccccc2)c1. The summed E-state index contributed by atoms with van der Waals surface area (Å²) in [4.78, 5) is 5.55. The Bertz CT molecular complexity index is 5740. The van der Waals surface area contributed by atoms with Gasteiger partial charge in [0.25, 0.3) is 6.71 Å².